The number of benzene rings is 2. The van der Waals surface area contributed by atoms with Gasteiger partial charge in [0, 0.05) is 16.6 Å². The summed E-state index contributed by atoms with van der Waals surface area (Å²) in [5.74, 6) is 1.62. The number of nitrogens with two attached hydrogens (primary N) is 1. The van der Waals surface area contributed by atoms with Gasteiger partial charge in [0.2, 0.25) is 0 Å². The van der Waals surface area contributed by atoms with E-state index in [1.807, 2.05) is 49.4 Å². The van der Waals surface area contributed by atoms with E-state index in [0.29, 0.717) is 6.54 Å². The maximum atomic E-state index is 5.83. The summed E-state index contributed by atoms with van der Waals surface area (Å²) < 4.78 is 6.82. The van der Waals surface area contributed by atoms with Gasteiger partial charge in [0.15, 0.2) is 0 Å². The molecule has 0 aliphatic carbocycles. The molecule has 0 aliphatic heterocycles. The van der Waals surface area contributed by atoms with Gasteiger partial charge in [-0.2, -0.15) is 0 Å². The van der Waals surface area contributed by atoms with Crippen LogP contribution in [0.25, 0.3) is 0 Å². The van der Waals surface area contributed by atoms with Crippen LogP contribution in [0.4, 0.5) is 0 Å². The summed E-state index contributed by atoms with van der Waals surface area (Å²) in [6.07, 6.45) is 0. The van der Waals surface area contributed by atoms with E-state index in [-0.39, 0.29) is 0 Å². The molecule has 0 atom stereocenters. The van der Waals surface area contributed by atoms with Gasteiger partial charge in [0.25, 0.3) is 0 Å². The standard InChI is InChI=1S/C14H14BrNO/c1-10-5-6-14(11(7-10)9-16)17-13-4-2-3-12(15)8-13/h2-8H,9,16H2,1H3. The summed E-state index contributed by atoms with van der Waals surface area (Å²) in [4.78, 5) is 0. The van der Waals surface area contributed by atoms with Gasteiger partial charge in [-0.25, -0.2) is 0 Å². The third-order valence-corrected chi connectivity index (χ3v) is 2.95. The molecule has 0 aliphatic rings. The maximum absolute atomic E-state index is 5.83. The van der Waals surface area contributed by atoms with Crippen LogP contribution >= 0.6 is 15.9 Å². The van der Waals surface area contributed by atoms with E-state index in [4.69, 9.17) is 10.5 Å². The average molecular weight is 292 g/mol. The van der Waals surface area contributed by atoms with E-state index in [1.54, 1.807) is 0 Å². The molecule has 88 valence electrons. The summed E-state index contributed by atoms with van der Waals surface area (Å²) in [6, 6.07) is 13.8. The Morgan fingerprint density at radius 2 is 2.00 bits per heavy atom. The molecular weight excluding hydrogens is 278 g/mol. The van der Waals surface area contributed by atoms with E-state index in [9.17, 15) is 0 Å². The molecule has 0 bridgehead atoms. The van der Waals surface area contributed by atoms with Crippen LogP contribution in [0.3, 0.4) is 0 Å². The highest BCUT2D eigenvalue weighted by Gasteiger charge is 2.04. The predicted octanol–water partition coefficient (Wildman–Crippen LogP) is 4.01. The van der Waals surface area contributed by atoms with Gasteiger partial charge in [-0.1, -0.05) is 39.7 Å². The number of aryl methyl sites for hydroxylation is 1. The highest BCUT2D eigenvalue weighted by Crippen LogP contribution is 2.27. The van der Waals surface area contributed by atoms with Crippen molar-refractivity contribution < 1.29 is 4.74 Å². The molecule has 0 radical (unpaired) electrons. The monoisotopic (exact) mass is 291 g/mol. The Hall–Kier alpha value is -1.32. The molecule has 0 unspecified atom stereocenters. The van der Waals surface area contributed by atoms with E-state index < -0.39 is 0 Å². The van der Waals surface area contributed by atoms with Crippen LogP contribution in [-0.2, 0) is 6.54 Å². The second-order valence-corrected chi connectivity index (χ2v) is 4.79. The molecule has 2 rings (SSSR count). The quantitative estimate of drug-likeness (QED) is 0.927. The largest absolute Gasteiger partial charge is 0.457 e. The van der Waals surface area contributed by atoms with Crippen molar-refractivity contribution in [1.29, 1.82) is 0 Å². The maximum Gasteiger partial charge on any atom is 0.131 e. The van der Waals surface area contributed by atoms with Crippen molar-refractivity contribution in [3.63, 3.8) is 0 Å². The summed E-state index contributed by atoms with van der Waals surface area (Å²) in [5, 5.41) is 0. The Morgan fingerprint density at radius 1 is 1.18 bits per heavy atom. The SMILES string of the molecule is Cc1ccc(Oc2cccc(Br)c2)c(CN)c1. The molecule has 2 aromatic rings. The Balaban J connectivity index is 2.29. The zero-order chi connectivity index (χ0) is 12.3. The van der Waals surface area contributed by atoms with Crippen molar-refractivity contribution in [1.82, 2.24) is 0 Å². The summed E-state index contributed by atoms with van der Waals surface area (Å²) in [6.45, 7) is 2.52. The zero-order valence-electron chi connectivity index (χ0n) is 9.61. The molecule has 0 amide bonds. The average Bonchev–Trinajstić information content (AvgIpc) is 2.31. The normalized spacial score (nSPS) is 10.3. The fourth-order valence-corrected chi connectivity index (χ4v) is 2.00. The van der Waals surface area contributed by atoms with Crippen molar-refractivity contribution in [2.45, 2.75) is 13.5 Å². The smallest absolute Gasteiger partial charge is 0.131 e. The summed E-state index contributed by atoms with van der Waals surface area (Å²) in [5.41, 5.74) is 7.92. The lowest BCUT2D eigenvalue weighted by atomic mass is 10.1. The summed E-state index contributed by atoms with van der Waals surface area (Å²) in [7, 11) is 0. The zero-order valence-corrected chi connectivity index (χ0v) is 11.2. The van der Waals surface area contributed by atoms with E-state index in [0.717, 1.165) is 21.5 Å². The Bertz CT molecular complexity index is 525. The van der Waals surface area contributed by atoms with Crippen LogP contribution in [0.2, 0.25) is 0 Å². The van der Waals surface area contributed by atoms with Gasteiger partial charge in [-0.3, -0.25) is 0 Å². The molecule has 3 heteroatoms. The Morgan fingerprint density at radius 3 is 2.71 bits per heavy atom. The Labute approximate surface area is 110 Å². The molecule has 2 N–H and O–H groups in total. The topological polar surface area (TPSA) is 35.2 Å². The third-order valence-electron chi connectivity index (χ3n) is 2.46. The van der Waals surface area contributed by atoms with Crippen LogP contribution in [-0.4, -0.2) is 0 Å². The van der Waals surface area contributed by atoms with Crippen LogP contribution in [0.15, 0.2) is 46.9 Å². The van der Waals surface area contributed by atoms with Crippen molar-refractivity contribution in [3.8, 4) is 11.5 Å². The first-order valence-electron chi connectivity index (χ1n) is 5.42. The second-order valence-electron chi connectivity index (χ2n) is 3.87. The third kappa shape index (κ3) is 3.08. The first kappa shape index (κ1) is 12.1. The molecule has 2 nitrogen and oxygen atoms in total. The van der Waals surface area contributed by atoms with Gasteiger partial charge >= 0.3 is 0 Å². The number of hydrogen-bond donors (Lipinski definition) is 1. The van der Waals surface area contributed by atoms with Crippen molar-refractivity contribution in [2.75, 3.05) is 0 Å². The van der Waals surface area contributed by atoms with Crippen molar-refractivity contribution in [2.24, 2.45) is 5.73 Å². The molecule has 17 heavy (non-hydrogen) atoms. The molecule has 0 aromatic heterocycles. The number of ether oxygens (including phenoxy) is 1. The molecule has 0 saturated carbocycles. The fourth-order valence-electron chi connectivity index (χ4n) is 1.62. The molecule has 0 fully saturated rings. The van der Waals surface area contributed by atoms with Gasteiger partial charge in [-0.05, 0) is 31.2 Å². The lowest BCUT2D eigenvalue weighted by Gasteiger charge is -2.11. The van der Waals surface area contributed by atoms with Crippen LogP contribution in [0.1, 0.15) is 11.1 Å². The van der Waals surface area contributed by atoms with Gasteiger partial charge < -0.3 is 10.5 Å². The highest BCUT2D eigenvalue weighted by atomic mass is 79.9. The lowest BCUT2D eigenvalue weighted by molar-refractivity contribution is 0.476. The van der Waals surface area contributed by atoms with Crippen molar-refractivity contribution >= 4 is 15.9 Å². The molecule has 0 saturated heterocycles. The molecule has 2 aromatic carbocycles. The summed E-state index contributed by atoms with van der Waals surface area (Å²) >= 11 is 3.42. The second kappa shape index (κ2) is 5.34. The minimum atomic E-state index is 0.477. The first-order valence-corrected chi connectivity index (χ1v) is 6.21. The van der Waals surface area contributed by atoms with Crippen LogP contribution in [0, 0.1) is 6.92 Å². The number of halogens is 1. The van der Waals surface area contributed by atoms with E-state index in [2.05, 4.69) is 15.9 Å². The minimum Gasteiger partial charge on any atom is -0.457 e. The number of rotatable bonds is 3. The van der Waals surface area contributed by atoms with Crippen molar-refractivity contribution in [3.05, 3.63) is 58.1 Å². The highest BCUT2D eigenvalue weighted by molar-refractivity contribution is 9.10. The minimum absolute atomic E-state index is 0.477. The molecule has 0 spiro atoms. The molecular formula is C14H14BrNO. The van der Waals surface area contributed by atoms with E-state index in [1.165, 1.54) is 5.56 Å². The molecule has 0 heterocycles. The van der Waals surface area contributed by atoms with Gasteiger partial charge in [-0.15, -0.1) is 0 Å². The van der Waals surface area contributed by atoms with E-state index >= 15 is 0 Å². The number of hydrogen-bond acceptors (Lipinski definition) is 2. The predicted molar refractivity (Wildman–Crippen MR) is 73.3 cm³/mol. The van der Waals surface area contributed by atoms with Gasteiger partial charge in [0.05, 0.1) is 0 Å². The lowest BCUT2D eigenvalue weighted by Crippen LogP contribution is -1.99. The Kier molecular flexibility index (Phi) is 3.82. The first-order chi connectivity index (χ1) is 8.19. The van der Waals surface area contributed by atoms with Crippen LogP contribution in [0.5, 0.6) is 11.5 Å². The fraction of sp³-hybridized carbons (Fsp3) is 0.143. The van der Waals surface area contributed by atoms with Crippen LogP contribution < -0.4 is 10.5 Å². The van der Waals surface area contributed by atoms with Gasteiger partial charge in [0.1, 0.15) is 11.5 Å².